The number of methoxy groups -OCH3 is 1. The summed E-state index contributed by atoms with van der Waals surface area (Å²) in [6.07, 6.45) is 1.24. The standard InChI is InChI=1S/C14H22N2O2.ClH/c1-18-11-10-16(14(17)8-5-9-15)12-13-6-3-2-4-7-13;/h2-4,6-7H,5,8-12,15H2,1H3;1H. The number of hydrogen-bond acceptors (Lipinski definition) is 3. The minimum absolute atomic E-state index is 0. The molecule has 0 radical (unpaired) electrons. The highest BCUT2D eigenvalue weighted by molar-refractivity contribution is 5.85. The Hall–Kier alpha value is -1.10. The summed E-state index contributed by atoms with van der Waals surface area (Å²) < 4.78 is 5.05. The first kappa shape index (κ1) is 17.9. The minimum atomic E-state index is 0. The molecular weight excluding hydrogens is 264 g/mol. The van der Waals surface area contributed by atoms with Crippen molar-refractivity contribution in [3.63, 3.8) is 0 Å². The van der Waals surface area contributed by atoms with Crippen LogP contribution in [0.25, 0.3) is 0 Å². The molecule has 0 aromatic heterocycles. The number of carbonyl (C=O) groups is 1. The van der Waals surface area contributed by atoms with Crippen molar-refractivity contribution >= 4 is 18.3 Å². The molecule has 0 aliphatic carbocycles. The molecule has 1 rings (SSSR count). The number of hydrogen-bond donors (Lipinski definition) is 1. The monoisotopic (exact) mass is 286 g/mol. The van der Waals surface area contributed by atoms with E-state index in [-0.39, 0.29) is 18.3 Å². The number of ether oxygens (including phenoxy) is 1. The molecule has 0 aliphatic heterocycles. The Morgan fingerprint density at radius 1 is 1.32 bits per heavy atom. The number of carbonyl (C=O) groups excluding carboxylic acids is 1. The summed E-state index contributed by atoms with van der Waals surface area (Å²) in [5.74, 6) is 0.140. The van der Waals surface area contributed by atoms with Crippen molar-refractivity contribution in [2.75, 3.05) is 26.8 Å². The highest BCUT2D eigenvalue weighted by atomic mass is 35.5. The molecule has 2 N–H and O–H groups in total. The average molecular weight is 287 g/mol. The van der Waals surface area contributed by atoms with Gasteiger partial charge >= 0.3 is 0 Å². The largest absolute Gasteiger partial charge is 0.383 e. The van der Waals surface area contributed by atoms with Gasteiger partial charge in [-0.1, -0.05) is 30.3 Å². The van der Waals surface area contributed by atoms with Gasteiger partial charge in [0.05, 0.1) is 6.61 Å². The Morgan fingerprint density at radius 3 is 2.58 bits per heavy atom. The van der Waals surface area contributed by atoms with Crippen molar-refractivity contribution in [1.82, 2.24) is 4.90 Å². The van der Waals surface area contributed by atoms with Crippen molar-refractivity contribution in [1.29, 1.82) is 0 Å². The molecule has 0 fully saturated rings. The molecule has 108 valence electrons. The van der Waals surface area contributed by atoms with Crippen LogP contribution in [0, 0.1) is 0 Å². The van der Waals surface area contributed by atoms with Gasteiger partial charge in [0, 0.05) is 26.6 Å². The van der Waals surface area contributed by atoms with Crippen LogP contribution in [0.15, 0.2) is 30.3 Å². The maximum Gasteiger partial charge on any atom is 0.222 e. The van der Waals surface area contributed by atoms with Crippen LogP contribution in [0.2, 0.25) is 0 Å². The third kappa shape index (κ3) is 7.15. The third-order valence-corrected chi connectivity index (χ3v) is 2.73. The van der Waals surface area contributed by atoms with Gasteiger partial charge in [-0.3, -0.25) is 4.79 Å². The average Bonchev–Trinajstić information content (AvgIpc) is 2.42. The highest BCUT2D eigenvalue weighted by Gasteiger charge is 2.12. The molecule has 0 unspecified atom stereocenters. The topological polar surface area (TPSA) is 55.6 Å². The van der Waals surface area contributed by atoms with E-state index in [1.807, 2.05) is 35.2 Å². The van der Waals surface area contributed by atoms with Crippen LogP contribution in [0.5, 0.6) is 0 Å². The van der Waals surface area contributed by atoms with Crippen LogP contribution in [0.3, 0.4) is 0 Å². The lowest BCUT2D eigenvalue weighted by molar-refractivity contribution is -0.132. The first-order valence-electron chi connectivity index (χ1n) is 6.28. The van der Waals surface area contributed by atoms with Gasteiger partial charge in [-0.2, -0.15) is 0 Å². The molecule has 0 spiro atoms. The number of nitrogens with two attached hydrogens (primary N) is 1. The molecule has 0 aliphatic rings. The minimum Gasteiger partial charge on any atom is -0.383 e. The molecule has 4 nitrogen and oxygen atoms in total. The van der Waals surface area contributed by atoms with Crippen molar-refractivity contribution in [2.45, 2.75) is 19.4 Å². The van der Waals surface area contributed by atoms with Gasteiger partial charge in [-0.25, -0.2) is 0 Å². The lowest BCUT2D eigenvalue weighted by atomic mass is 10.2. The van der Waals surface area contributed by atoms with Crippen molar-refractivity contribution in [3.8, 4) is 0 Å². The summed E-state index contributed by atoms with van der Waals surface area (Å²) >= 11 is 0. The van der Waals surface area contributed by atoms with Crippen LogP contribution >= 0.6 is 12.4 Å². The normalized spacial score (nSPS) is 9.79. The summed E-state index contributed by atoms with van der Waals surface area (Å²) in [6, 6.07) is 9.98. The van der Waals surface area contributed by atoms with Crippen LogP contribution in [0.4, 0.5) is 0 Å². The third-order valence-electron chi connectivity index (χ3n) is 2.73. The Morgan fingerprint density at radius 2 is 2.00 bits per heavy atom. The molecule has 1 aromatic rings. The van der Waals surface area contributed by atoms with E-state index in [2.05, 4.69) is 0 Å². The number of halogens is 1. The van der Waals surface area contributed by atoms with E-state index in [4.69, 9.17) is 10.5 Å². The highest BCUT2D eigenvalue weighted by Crippen LogP contribution is 2.06. The van der Waals surface area contributed by atoms with E-state index in [9.17, 15) is 4.79 Å². The summed E-state index contributed by atoms with van der Waals surface area (Å²) in [6.45, 7) is 2.36. The van der Waals surface area contributed by atoms with Gasteiger partial charge in [0.2, 0.25) is 5.91 Å². The first-order valence-corrected chi connectivity index (χ1v) is 6.28. The SMILES string of the molecule is COCCN(Cc1ccccc1)C(=O)CCCN.Cl. The zero-order valence-electron chi connectivity index (χ0n) is 11.4. The fourth-order valence-electron chi connectivity index (χ4n) is 1.71. The predicted octanol–water partition coefficient (Wildman–Crippen LogP) is 1.82. The van der Waals surface area contributed by atoms with E-state index >= 15 is 0 Å². The Balaban J connectivity index is 0.00000324. The van der Waals surface area contributed by atoms with Gasteiger partial charge in [0.15, 0.2) is 0 Å². The molecule has 0 saturated carbocycles. The second-order valence-corrected chi connectivity index (χ2v) is 4.19. The zero-order valence-corrected chi connectivity index (χ0v) is 12.2. The molecular formula is C14H23ClN2O2. The molecule has 19 heavy (non-hydrogen) atoms. The number of benzene rings is 1. The van der Waals surface area contributed by atoms with E-state index < -0.39 is 0 Å². The Labute approximate surface area is 121 Å². The van der Waals surface area contributed by atoms with Crippen molar-refractivity contribution in [3.05, 3.63) is 35.9 Å². The smallest absolute Gasteiger partial charge is 0.222 e. The van der Waals surface area contributed by atoms with Gasteiger partial charge < -0.3 is 15.4 Å². The zero-order chi connectivity index (χ0) is 13.2. The van der Waals surface area contributed by atoms with Gasteiger partial charge in [-0.15, -0.1) is 12.4 Å². The Kier molecular flexibility index (Phi) is 10.2. The van der Waals surface area contributed by atoms with Crippen LogP contribution in [0.1, 0.15) is 18.4 Å². The van der Waals surface area contributed by atoms with E-state index in [0.717, 1.165) is 12.0 Å². The second-order valence-electron chi connectivity index (χ2n) is 4.19. The summed E-state index contributed by atoms with van der Waals surface area (Å²) in [5, 5.41) is 0. The molecule has 0 heterocycles. The van der Waals surface area contributed by atoms with E-state index in [1.165, 1.54) is 0 Å². The second kappa shape index (κ2) is 10.8. The molecule has 1 amide bonds. The molecule has 0 bridgehead atoms. The number of rotatable bonds is 8. The lowest BCUT2D eigenvalue weighted by Crippen LogP contribution is -2.33. The molecule has 0 atom stereocenters. The van der Waals surface area contributed by atoms with E-state index in [0.29, 0.717) is 32.7 Å². The maximum atomic E-state index is 12.0. The van der Waals surface area contributed by atoms with Gasteiger partial charge in [0.1, 0.15) is 0 Å². The number of amides is 1. The Bertz CT molecular complexity index is 347. The first-order chi connectivity index (χ1) is 8.77. The lowest BCUT2D eigenvalue weighted by Gasteiger charge is -2.22. The van der Waals surface area contributed by atoms with Crippen LogP contribution < -0.4 is 5.73 Å². The predicted molar refractivity (Wildman–Crippen MR) is 79.3 cm³/mol. The quantitative estimate of drug-likeness (QED) is 0.793. The molecule has 0 saturated heterocycles. The van der Waals surface area contributed by atoms with Crippen LogP contribution in [-0.2, 0) is 16.1 Å². The molecule has 1 aromatic carbocycles. The van der Waals surface area contributed by atoms with E-state index in [1.54, 1.807) is 7.11 Å². The van der Waals surface area contributed by atoms with Crippen molar-refractivity contribution in [2.24, 2.45) is 5.73 Å². The maximum absolute atomic E-state index is 12.0. The fourth-order valence-corrected chi connectivity index (χ4v) is 1.71. The van der Waals surface area contributed by atoms with Crippen molar-refractivity contribution < 1.29 is 9.53 Å². The summed E-state index contributed by atoms with van der Waals surface area (Å²) in [7, 11) is 1.64. The van der Waals surface area contributed by atoms with Crippen LogP contribution in [-0.4, -0.2) is 37.6 Å². The fraction of sp³-hybridized carbons (Fsp3) is 0.500. The summed E-state index contributed by atoms with van der Waals surface area (Å²) in [4.78, 5) is 13.9. The molecule has 5 heteroatoms. The van der Waals surface area contributed by atoms with Gasteiger partial charge in [-0.05, 0) is 18.5 Å². The van der Waals surface area contributed by atoms with Gasteiger partial charge in [0.25, 0.3) is 0 Å². The number of nitrogens with zero attached hydrogens (tertiary/aromatic N) is 1. The summed E-state index contributed by atoms with van der Waals surface area (Å²) in [5.41, 5.74) is 6.57.